The van der Waals surface area contributed by atoms with Gasteiger partial charge in [0.15, 0.2) is 0 Å². The summed E-state index contributed by atoms with van der Waals surface area (Å²) in [5, 5.41) is 30.8. The summed E-state index contributed by atoms with van der Waals surface area (Å²) in [6, 6.07) is 21.5. The Bertz CT molecular complexity index is 5400. The molecule has 2 aromatic carbocycles. The second kappa shape index (κ2) is 33.8. The number of allylic oxidation sites excluding steroid dienone is 3. The molecule has 6 atom stereocenters. The first-order valence-electron chi connectivity index (χ1n) is 38.5. The monoisotopic (exact) mass is 1600 g/mol. The van der Waals surface area contributed by atoms with E-state index in [2.05, 4.69) is 126 Å². The van der Waals surface area contributed by atoms with Crippen molar-refractivity contribution >= 4 is 152 Å². The summed E-state index contributed by atoms with van der Waals surface area (Å²) in [5.74, 6) is 1.90. The molecule has 3 aliphatic carbocycles. The summed E-state index contributed by atoms with van der Waals surface area (Å²) < 4.78 is 11.9. The standard InChI is InChI=1S/C31H30N6O3S.C28H32N6O2S.C28H31N5O3S/c1-5-18(3)34-21-8-6-9-22(21)35-29(38)28-27-26-24(13-15-33-30(26)41-28)37(31(39)36-27)23-12-11-20(16-17(23)2)40-25-10-7-14-32-19(25)4;1-6-17(5)31-19-8-7-9-20(19)32-26(35)25-24-23-21(10-11-29-27(23)37-25)34(28(36)33-24)22-14-30-18(12-15(2)3)13-16(22)4;1-6-17(5)30-19-8-7-9-20(19)31-26(34)25-24-23-22(12-13-29-27(23)37-25)33(28(35)32-24)21-11-10-18(14-16(21)4)36-15(2)3/h5,7,10-16,21-22,34H,1,3,6,8-9H2,2,4H3,(H,35,38)(H,36,39);6,10-11,13-15,19-20,31H,1,5,7-9,12H2,2-4H3,(H,32,35)(H,33,36);6,10-15,19-20,30H,1,5,7-9H2,2-4H3,(H,31,34)(H,32,35). The fourth-order valence-corrected chi connectivity index (χ4v) is 18.8. The molecular formula is C87H93N17O8S3. The smallest absolute Gasteiger partial charge is 0.331 e. The molecule has 592 valence electrons. The van der Waals surface area contributed by atoms with E-state index in [0.717, 1.165) is 137 Å². The zero-order valence-corrected chi connectivity index (χ0v) is 68.0. The van der Waals surface area contributed by atoms with Gasteiger partial charge in [-0.25, -0.2) is 29.3 Å². The molecule has 28 heteroatoms. The maximum absolute atomic E-state index is 13.6. The SMILES string of the molecule is C=CC(=C)NC1CCCC1NC(=O)c1sc2nccc3c2c1NC(=O)N3c1ccc(OC(C)C)cc1C.C=CC(=C)NC1CCCC1NC(=O)c1sc2nccc3c2c1NC(=O)N3c1ccc(Oc2cccnc2C)cc1C.C=CC(=C)NC1CCCC1NC(=O)c1sc2nccc3c2c1NC(=O)N3c1cnc(CC(C)C)cc1C. The molecule has 25 nitrogen and oxygen atoms in total. The van der Waals surface area contributed by atoms with Crippen LogP contribution < -0.4 is 72.0 Å². The highest BCUT2D eigenvalue weighted by Gasteiger charge is 2.40. The van der Waals surface area contributed by atoms with E-state index in [1.807, 2.05) is 108 Å². The summed E-state index contributed by atoms with van der Waals surface area (Å²) in [5.41, 5.74) is 12.5. The molecule has 3 fully saturated rings. The van der Waals surface area contributed by atoms with Crippen molar-refractivity contribution in [3.8, 4) is 17.2 Å². The lowest BCUT2D eigenvalue weighted by atomic mass is 10.0. The number of thiophene rings is 3. The first-order chi connectivity index (χ1) is 55.4. The molecule has 0 saturated heterocycles. The lowest BCUT2D eigenvalue weighted by Gasteiger charge is -2.30. The molecule has 11 heterocycles. The number of anilines is 9. The number of aromatic nitrogens is 5. The molecule has 0 radical (unpaired) electrons. The van der Waals surface area contributed by atoms with E-state index >= 15 is 0 Å². The van der Waals surface area contributed by atoms with Gasteiger partial charge in [-0.1, -0.05) is 53.3 Å². The molecule has 3 aliphatic heterocycles. The summed E-state index contributed by atoms with van der Waals surface area (Å²) in [4.78, 5) is 112. The van der Waals surface area contributed by atoms with Crippen molar-refractivity contribution in [3.05, 3.63) is 221 Å². The number of amides is 9. The number of ether oxygens (including phenoxy) is 2. The lowest BCUT2D eigenvalue weighted by molar-refractivity contribution is 0.0929. The zero-order chi connectivity index (χ0) is 81.2. The molecule has 6 unspecified atom stereocenters. The molecule has 9 amide bonds. The molecule has 10 aromatic rings. The molecule has 6 aliphatic rings. The Hall–Kier alpha value is -12.3. The molecule has 0 bridgehead atoms. The highest BCUT2D eigenvalue weighted by Crippen LogP contribution is 2.51. The van der Waals surface area contributed by atoms with Gasteiger partial charge in [0.2, 0.25) is 0 Å². The summed E-state index contributed by atoms with van der Waals surface area (Å²) in [7, 11) is 0. The minimum absolute atomic E-state index is 0.0390. The molecule has 16 rings (SSSR count). The maximum Gasteiger partial charge on any atom is 0.331 e. The number of aryl methyl sites for hydroxylation is 4. The Morgan fingerprint density at radius 3 is 1.22 bits per heavy atom. The molecule has 115 heavy (non-hydrogen) atoms. The van der Waals surface area contributed by atoms with Gasteiger partial charge >= 0.3 is 18.1 Å². The number of pyridine rings is 5. The number of hydrogen-bond acceptors (Lipinski definition) is 19. The van der Waals surface area contributed by atoms with Crippen molar-refractivity contribution in [2.24, 2.45) is 5.92 Å². The van der Waals surface area contributed by atoms with Crippen molar-refractivity contribution in [2.75, 3.05) is 30.7 Å². The Kier molecular flexibility index (Phi) is 23.3. The van der Waals surface area contributed by atoms with Crippen LogP contribution in [0.25, 0.3) is 30.6 Å². The molecule has 9 N–H and O–H groups in total. The first kappa shape index (κ1) is 79.4. The third-order valence-corrected chi connectivity index (χ3v) is 24.4. The van der Waals surface area contributed by atoms with Crippen LogP contribution in [0.1, 0.15) is 143 Å². The average molecular weight is 1600 g/mol. The van der Waals surface area contributed by atoms with E-state index in [1.54, 1.807) is 70.0 Å². The summed E-state index contributed by atoms with van der Waals surface area (Å²) in [6.45, 7) is 39.1. The van der Waals surface area contributed by atoms with Gasteiger partial charge in [0.05, 0.1) is 85.3 Å². The number of nitrogens with one attached hydrogen (secondary N) is 9. The maximum atomic E-state index is 13.6. The van der Waals surface area contributed by atoms with Gasteiger partial charge < -0.3 is 57.3 Å². The minimum Gasteiger partial charge on any atom is -0.491 e. The van der Waals surface area contributed by atoms with Crippen molar-refractivity contribution < 1.29 is 38.2 Å². The van der Waals surface area contributed by atoms with Gasteiger partial charge in [-0.15, -0.1) is 34.0 Å². The second-order valence-electron chi connectivity index (χ2n) is 30.0. The Labute approximate surface area is 679 Å². The molecular weight excluding hydrogens is 1510 g/mol. The van der Waals surface area contributed by atoms with Crippen molar-refractivity contribution in [3.63, 3.8) is 0 Å². The van der Waals surface area contributed by atoms with Gasteiger partial charge in [0, 0.05) is 83.8 Å². The number of benzene rings is 2. The number of carbonyl (C=O) groups is 6. The van der Waals surface area contributed by atoms with Gasteiger partial charge in [-0.05, 0) is 219 Å². The van der Waals surface area contributed by atoms with Crippen LogP contribution in [-0.2, 0) is 6.42 Å². The van der Waals surface area contributed by atoms with Crippen molar-refractivity contribution in [2.45, 2.75) is 162 Å². The van der Waals surface area contributed by atoms with Crippen LogP contribution in [-0.4, -0.2) is 103 Å². The number of nitrogens with zero attached hydrogens (tertiary/aromatic N) is 8. The summed E-state index contributed by atoms with van der Waals surface area (Å²) >= 11 is 3.86. The van der Waals surface area contributed by atoms with Crippen molar-refractivity contribution in [1.82, 2.24) is 56.8 Å². The topological polar surface area (TPSA) is 303 Å². The Balaban J connectivity index is 0.000000143. The second-order valence-corrected chi connectivity index (χ2v) is 33.0. The molecule has 0 spiro atoms. The van der Waals surface area contributed by atoms with E-state index in [4.69, 9.17) is 9.47 Å². The fraction of sp³-hybridized carbons (Fsp3) is 0.299. The molecule has 3 saturated carbocycles. The zero-order valence-electron chi connectivity index (χ0n) is 65.5. The summed E-state index contributed by atoms with van der Waals surface area (Å²) in [6.07, 6.45) is 22.9. The van der Waals surface area contributed by atoms with E-state index in [0.29, 0.717) is 92.0 Å². The van der Waals surface area contributed by atoms with E-state index < -0.39 is 0 Å². The Morgan fingerprint density at radius 1 is 0.478 bits per heavy atom. The van der Waals surface area contributed by atoms with Crippen LogP contribution in [0.2, 0.25) is 0 Å². The van der Waals surface area contributed by atoms with Gasteiger partial charge in [0.25, 0.3) is 17.7 Å². The number of rotatable bonds is 24. The fourth-order valence-electron chi connectivity index (χ4n) is 15.7. The van der Waals surface area contributed by atoms with E-state index in [1.165, 1.54) is 34.0 Å². The van der Waals surface area contributed by atoms with Gasteiger partial charge in [-0.3, -0.25) is 39.1 Å². The van der Waals surface area contributed by atoms with E-state index in [9.17, 15) is 28.8 Å². The van der Waals surface area contributed by atoms with Crippen molar-refractivity contribution in [1.29, 1.82) is 0 Å². The van der Waals surface area contributed by atoms with Crippen LogP contribution in [0.15, 0.2) is 179 Å². The van der Waals surface area contributed by atoms with Crippen LogP contribution in [0.5, 0.6) is 17.2 Å². The van der Waals surface area contributed by atoms with Crippen LogP contribution in [0.3, 0.4) is 0 Å². The number of carbonyl (C=O) groups excluding carboxylic acids is 6. The first-order valence-corrected chi connectivity index (χ1v) is 41.0. The Morgan fingerprint density at radius 2 is 0.852 bits per heavy atom. The average Bonchev–Trinajstić information content (AvgIpc) is 1.62. The van der Waals surface area contributed by atoms with Gasteiger partial charge in [-0.2, -0.15) is 0 Å². The predicted octanol–water partition coefficient (Wildman–Crippen LogP) is 18.6. The lowest BCUT2D eigenvalue weighted by Crippen LogP contribution is -2.46. The third kappa shape index (κ3) is 16.5. The largest absolute Gasteiger partial charge is 0.491 e. The van der Waals surface area contributed by atoms with Crippen LogP contribution in [0.4, 0.5) is 65.6 Å². The van der Waals surface area contributed by atoms with Crippen LogP contribution in [0, 0.1) is 33.6 Å². The minimum atomic E-state index is -0.347. The number of urea groups is 3. The highest BCUT2D eigenvalue weighted by molar-refractivity contribution is 7.22. The van der Waals surface area contributed by atoms with Gasteiger partial charge in [0.1, 0.15) is 46.4 Å². The number of hydrogen-bond donors (Lipinski definition) is 9. The highest BCUT2D eigenvalue weighted by atomic mass is 32.1. The molecule has 8 aromatic heterocycles. The normalized spacial score (nSPS) is 18.3. The third-order valence-electron chi connectivity index (χ3n) is 21.1. The quantitative estimate of drug-likeness (QED) is 0.0254. The predicted molar refractivity (Wildman–Crippen MR) is 461 cm³/mol. The van der Waals surface area contributed by atoms with Crippen LogP contribution >= 0.6 is 34.0 Å². The van der Waals surface area contributed by atoms with E-state index in [-0.39, 0.29) is 78.2 Å².